The topological polar surface area (TPSA) is 97.8 Å². The molecule has 1 saturated heterocycles. The van der Waals surface area contributed by atoms with Gasteiger partial charge >= 0.3 is 5.97 Å². The molecule has 1 aliphatic heterocycles. The Bertz CT molecular complexity index is 788. The van der Waals surface area contributed by atoms with Crippen LogP contribution in [0, 0.1) is 0 Å². The molecule has 1 aromatic heterocycles. The van der Waals surface area contributed by atoms with Gasteiger partial charge in [-0.2, -0.15) is 0 Å². The minimum atomic E-state index is -0.946. The highest BCUT2D eigenvalue weighted by Gasteiger charge is 2.36. The van der Waals surface area contributed by atoms with E-state index in [0.29, 0.717) is 44.1 Å². The van der Waals surface area contributed by atoms with Crippen molar-refractivity contribution in [1.82, 2.24) is 10.3 Å². The first kappa shape index (κ1) is 18.8. The minimum absolute atomic E-state index is 0.134. The van der Waals surface area contributed by atoms with Crippen LogP contribution in [0.4, 0.5) is 0 Å². The number of pyridine rings is 1. The van der Waals surface area contributed by atoms with E-state index in [1.165, 1.54) is 6.20 Å². The molecular formula is C20H22N2O5. The smallest absolute Gasteiger partial charge is 0.305 e. The molecule has 0 aliphatic carbocycles. The van der Waals surface area contributed by atoms with Crippen molar-refractivity contribution in [2.45, 2.75) is 31.4 Å². The monoisotopic (exact) mass is 370 g/mol. The molecule has 1 amide bonds. The average molecular weight is 370 g/mol. The summed E-state index contributed by atoms with van der Waals surface area (Å²) in [5.41, 5.74) is 0.580. The van der Waals surface area contributed by atoms with Crippen molar-refractivity contribution in [3.63, 3.8) is 0 Å². The second-order valence-corrected chi connectivity index (χ2v) is 6.57. The van der Waals surface area contributed by atoms with E-state index in [1.807, 2.05) is 30.3 Å². The predicted octanol–water partition coefficient (Wildman–Crippen LogP) is 2.41. The maximum Gasteiger partial charge on any atom is 0.305 e. The molecule has 7 nitrogen and oxygen atoms in total. The molecule has 1 aromatic carbocycles. The lowest BCUT2D eigenvalue weighted by Crippen LogP contribution is -2.53. The SMILES string of the molecule is O=C(O)CC1(NC(=O)c2ccnc(OCc3ccccc3)c2)CCOCC1. The third kappa shape index (κ3) is 5.27. The van der Waals surface area contributed by atoms with Crippen molar-refractivity contribution >= 4 is 11.9 Å². The fourth-order valence-corrected chi connectivity index (χ4v) is 3.07. The summed E-state index contributed by atoms with van der Waals surface area (Å²) in [4.78, 5) is 28.1. The quantitative estimate of drug-likeness (QED) is 0.777. The van der Waals surface area contributed by atoms with Crippen LogP contribution in [0.25, 0.3) is 0 Å². The number of rotatable bonds is 7. The van der Waals surface area contributed by atoms with Crippen molar-refractivity contribution < 1.29 is 24.2 Å². The number of aliphatic carboxylic acids is 1. The van der Waals surface area contributed by atoms with E-state index in [1.54, 1.807) is 12.1 Å². The van der Waals surface area contributed by atoms with Crippen molar-refractivity contribution in [3.05, 3.63) is 59.8 Å². The number of aromatic nitrogens is 1. The van der Waals surface area contributed by atoms with Gasteiger partial charge in [0.05, 0.1) is 12.0 Å². The fourth-order valence-electron chi connectivity index (χ4n) is 3.07. The Kier molecular flexibility index (Phi) is 6.03. The molecule has 0 saturated carbocycles. The number of hydrogen-bond donors (Lipinski definition) is 2. The van der Waals surface area contributed by atoms with E-state index in [2.05, 4.69) is 10.3 Å². The third-order valence-electron chi connectivity index (χ3n) is 4.54. The molecule has 0 atom stereocenters. The van der Waals surface area contributed by atoms with Crippen LogP contribution in [0.15, 0.2) is 48.7 Å². The Labute approximate surface area is 157 Å². The zero-order valence-electron chi connectivity index (χ0n) is 14.9. The highest BCUT2D eigenvalue weighted by atomic mass is 16.5. The Morgan fingerprint density at radius 2 is 1.93 bits per heavy atom. The summed E-state index contributed by atoms with van der Waals surface area (Å²) in [6, 6.07) is 12.8. The summed E-state index contributed by atoms with van der Waals surface area (Å²) in [6.45, 7) is 1.20. The third-order valence-corrected chi connectivity index (χ3v) is 4.54. The number of carbonyl (C=O) groups excluding carboxylic acids is 1. The molecule has 0 bridgehead atoms. The predicted molar refractivity (Wildman–Crippen MR) is 97.5 cm³/mol. The molecule has 142 valence electrons. The van der Waals surface area contributed by atoms with E-state index in [0.717, 1.165) is 5.56 Å². The number of ether oxygens (including phenoxy) is 2. The molecule has 2 aromatic rings. The summed E-state index contributed by atoms with van der Waals surface area (Å²) in [5.74, 6) is -0.949. The van der Waals surface area contributed by atoms with Gasteiger partial charge < -0.3 is 19.9 Å². The van der Waals surface area contributed by atoms with Crippen LogP contribution >= 0.6 is 0 Å². The number of nitrogens with zero attached hydrogens (tertiary/aromatic N) is 1. The molecule has 3 rings (SSSR count). The molecular weight excluding hydrogens is 348 g/mol. The molecule has 0 radical (unpaired) electrons. The zero-order chi connectivity index (χ0) is 19.1. The van der Waals surface area contributed by atoms with Crippen LogP contribution in [-0.2, 0) is 16.1 Å². The standard InChI is InChI=1S/C20H22N2O5/c23-18(24)13-20(7-10-26-11-8-20)22-19(25)16-6-9-21-17(12-16)27-14-15-4-2-1-3-5-15/h1-6,9,12H,7-8,10-11,13-14H2,(H,22,25)(H,23,24). The highest BCUT2D eigenvalue weighted by molar-refractivity contribution is 5.95. The van der Waals surface area contributed by atoms with Gasteiger partial charge in [-0.05, 0) is 24.5 Å². The Hall–Kier alpha value is -2.93. The van der Waals surface area contributed by atoms with Crippen LogP contribution in [0.5, 0.6) is 5.88 Å². The molecule has 0 unspecified atom stereocenters. The summed E-state index contributed by atoms with van der Waals surface area (Å²) in [6.07, 6.45) is 2.30. The van der Waals surface area contributed by atoms with Crippen LogP contribution in [0.2, 0.25) is 0 Å². The lowest BCUT2D eigenvalue weighted by molar-refractivity contribution is -0.139. The minimum Gasteiger partial charge on any atom is -0.481 e. The first-order chi connectivity index (χ1) is 13.1. The molecule has 2 N–H and O–H groups in total. The van der Waals surface area contributed by atoms with Crippen LogP contribution in [0.3, 0.4) is 0 Å². The first-order valence-corrected chi connectivity index (χ1v) is 8.81. The summed E-state index contributed by atoms with van der Waals surface area (Å²) < 4.78 is 11.0. The molecule has 27 heavy (non-hydrogen) atoms. The fraction of sp³-hybridized carbons (Fsp3) is 0.350. The largest absolute Gasteiger partial charge is 0.481 e. The van der Waals surface area contributed by atoms with Crippen molar-refractivity contribution in [1.29, 1.82) is 0 Å². The summed E-state index contributed by atoms with van der Waals surface area (Å²) >= 11 is 0. The van der Waals surface area contributed by atoms with Gasteiger partial charge in [0.1, 0.15) is 6.61 Å². The van der Waals surface area contributed by atoms with Crippen LogP contribution in [-0.4, -0.2) is 40.7 Å². The molecule has 1 aliphatic rings. The number of carboxylic acids is 1. The van der Waals surface area contributed by atoms with Crippen molar-refractivity contribution in [3.8, 4) is 5.88 Å². The molecule has 0 spiro atoms. The number of benzene rings is 1. The highest BCUT2D eigenvalue weighted by Crippen LogP contribution is 2.25. The second kappa shape index (κ2) is 8.64. The number of nitrogens with one attached hydrogen (secondary N) is 1. The summed E-state index contributed by atoms with van der Waals surface area (Å²) in [7, 11) is 0. The van der Waals surface area contributed by atoms with Gasteiger partial charge in [-0.3, -0.25) is 9.59 Å². The van der Waals surface area contributed by atoms with Gasteiger partial charge in [0.25, 0.3) is 5.91 Å². The number of hydrogen-bond acceptors (Lipinski definition) is 5. The number of amides is 1. The maximum absolute atomic E-state index is 12.7. The number of carboxylic acid groups (broad SMARTS) is 1. The van der Waals surface area contributed by atoms with Crippen molar-refractivity contribution in [2.75, 3.05) is 13.2 Å². The zero-order valence-corrected chi connectivity index (χ0v) is 14.9. The van der Waals surface area contributed by atoms with Gasteiger partial charge in [-0.15, -0.1) is 0 Å². The van der Waals surface area contributed by atoms with E-state index in [4.69, 9.17) is 9.47 Å². The van der Waals surface area contributed by atoms with Crippen LogP contribution < -0.4 is 10.1 Å². The van der Waals surface area contributed by atoms with Crippen LogP contribution in [0.1, 0.15) is 35.2 Å². The molecule has 2 heterocycles. The molecule has 1 fully saturated rings. The lowest BCUT2D eigenvalue weighted by Gasteiger charge is -2.36. The average Bonchev–Trinajstić information content (AvgIpc) is 2.67. The maximum atomic E-state index is 12.7. The number of carbonyl (C=O) groups is 2. The normalized spacial score (nSPS) is 15.7. The van der Waals surface area contributed by atoms with Gasteiger partial charge in [-0.1, -0.05) is 30.3 Å². The lowest BCUT2D eigenvalue weighted by atomic mass is 9.86. The van der Waals surface area contributed by atoms with E-state index >= 15 is 0 Å². The van der Waals surface area contributed by atoms with Crippen molar-refractivity contribution in [2.24, 2.45) is 0 Å². The summed E-state index contributed by atoms with van der Waals surface area (Å²) in [5, 5.41) is 12.1. The Morgan fingerprint density at radius 3 is 2.63 bits per heavy atom. The Balaban J connectivity index is 1.67. The van der Waals surface area contributed by atoms with Gasteiger partial charge in [0.2, 0.25) is 5.88 Å². The first-order valence-electron chi connectivity index (χ1n) is 8.81. The molecule has 7 heteroatoms. The van der Waals surface area contributed by atoms with E-state index in [9.17, 15) is 14.7 Å². The van der Waals surface area contributed by atoms with Gasteiger partial charge in [0.15, 0.2) is 0 Å². The van der Waals surface area contributed by atoms with Gasteiger partial charge in [-0.25, -0.2) is 4.98 Å². The van der Waals surface area contributed by atoms with E-state index < -0.39 is 11.5 Å². The Morgan fingerprint density at radius 1 is 1.19 bits per heavy atom. The second-order valence-electron chi connectivity index (χ2n) is 6.57. The van der Waals surface area contributed by atoms with Gasteiger partial charge in [0, 0.05) is 31.0 Å². The van der Waals surface area contributed by atoms with E-state index in [-0.39, 0.29) is 12.3 Å².